The summed E-state index contributed by atoms with van der Waals surface area (Å²) in [6, 6.07) is 24.2. The lowest BCUT2D eigenvalue weighted by molar-refractivity contribution is 0.0996. The van der Waals surface area contributed by atoms with Gasteiger partial charge in [0.2, 0.25) is 0 Å². The van der Waals surface area contributed by atoms with Crippen LogP contribution in [0.3, 0.4) is 0 Å². The summed E-state index contributed by atoms with van der Waals surface area (Å²) in [5.74, 6) is 1.44. The van der Waals surface area contributed by atoms with Crippen LogP contribution in [0.2, 0.25) is 0 Å². The van der Waals surface area contributed by atoms with Gasteiger partial charge in [-0.3, -0.25) is 9.80 Å². The molecule has 0 spiro atoms. The zero-order chi connectivity index (χ0) is 24.7. The van der Waals surface area contributed by atoms with E-state index in [0.29, 0.717) is 12.6 Å². The van der Waals surface area contributed by atoms with Gasteiger partial charge in [0.1, 0.15) is 12.4 Å². The maximum Gasteiger partial charge on any atom is 0.161 e. The number of halogens is 1. The molecule has 0 bridgehead atoms. The van der Waals surface area contributed by atoms with E-state index in [0.717, 1.165) is 68.6 Å². The zero-order valence-electron chi connectivity index (χ0n) is 21.1. The fourth-order valence-electron chi connectivity index (χ4n) is 5.40. The summed E-state index contributed by atoms with van der Waals surface area (Å²) in [4.78, 5) is 7.33. The van der Waals surface area contributed by atoms with Crippen molar-refractivity contribution >= 4 is 5.69 Å². The number of benzene rings is 3. The third-order valence-electron chi connectivity index (χ3n) is 7.45. The van der Waals surface area contributed by atoms with Gasteiger partial charge in [-0.2, -0.15) is 0 Å². The average Bonchev–Trinajstić information content (AvgIpc) is 2.93. The Balaban J connectivity index is 1.11. The molecule has 0 radical (unpaired) electrons. The van der Waals surface area contributed by atoms with Crippen LogP contribution in [-0.2, 0) is 13.2 Å². The minimum atomic E-state index is -0.119. The summed E-state index contributed by atoms with van der Waals surface area (Å²) >= 11 is 0. The molecule has 5 rings (SSSR count). The van der Waals surface area contributed by atoms with Crippen LogP contribution in [0, 0.1) is 5.82 Å². The molecule has 2 fully saturated rings. The standard InChI is InChI=1S/C30H36FN3O2/c1-35-29-12-11-25(21-30(29)36-23-24-7-3-2-4-8-24)22-32-15-13-26(14-16-32)33-17-19-34(20-18-33)28-10-6-5-9-27(28)31/h2-12,21,26H,13-20,22-23H2,1H3. The van der Waals surface area contributed by atoms with Crippen LogP contribution >= 0.6 is 0 Å². The molecular weight excluding hydrogens is 453 g/mol. The minimum Gasteiger partial charge on any atom is -0.493 e. The second-order valence-electron chi connectivity index (χ2n) is 9.74. The Kier molecular flexibility index (Phi) is 8.04. The highest BCUT2D eigenvalue weighted by molar-refractivity contribution is 5.48. The number of hydrogen-bond acceptors (Lipinski definition) is 5. The van der Waals surface area contributed by atoms with Crippen molar-refractivity contribution in [1.29, 1.82) is 0 Å². The molecule has 2 heterocycles. The molecule has 36 heavy (non-hydrogen) atoms. The van der Waals surface area contributed by atoms with Crippen molar-refractivity contribution in [3.8, 4) is 11.5 Å². The molecule has 0 saturated carbocycles. The number of piperazine rings is 1. The first-order valence-corrected chi connectivity index (χ1v) is 13.0. The Labute approximate surface area is 214 Å². The molecule has 5 nitrogen and oxygen atoms in total. The van der Waals surface area contributed by atoms with Gasteiger partial charge in [0.25, 0.3) is 0 Å². The first-order chi connectivity index (χ1) is 17.7. The number of rotatable bonds is 8. The van der Waals surface area contributed by atoms with Crippen molar-refractivity contribution in [3.05, 3.63) is 89.7 Å². The normalized spacial score (nSPS) is 17.8. The van der Waals surface area contributed by atoms with Crippen LogP contribution in [-0.4, -0.2) is 62.2 Å². The molecule has 2 saturated heterocycles. The van der Waals surface area contributed by atoms with Gasteiger partial charge < -0.3 is 14.4 Å². The lowest BCUT2D eigenvalue weighted by Crippen LogP contribution is -2.53. The third-order valence-corrected chi connectivity index (χ3v) is 7.45. The molecule has 0 unspecified atom stereocenters. The quantitative estimate of drug-likeness (QED) is 0.434. The first kappa shape index (κ1) is 24.6. The molecule has 0 N–H and O–H groups in total. The van der Waals surface area contributed by atoms with Crippen LogP contribution in [0.4, 0.5) is 10.1 Å². The zero-order valence-corrected chi connectivity index (χ0v) is 21.1. The van der Waals surface area contributed by atoms with Gasteiger partial charge in [-0.25, -0.2) is 4.39 Å². The Morgan fingerprint density at radius 3 is 2.22 bits per heavy atom. The van der Waals surface area contributed by atoms with Crippen LogP contribution in [0.5, 0.6) is 11.5 Å². The molecule has 0 aliphatic carbocycles. The minimum absolute atomic E-state index is 0.119. The first-order valence-electron chi connectivity index (χ1n) is 13.0. The molecule has 2 aliphatic rings. The third kappa shape index (κ3) is 6.00. The molecule has 2 aliphatic heterocycles. The van der Waals surface area contributed by atoms with E-state index in [1.807, 2.05) is 36.4 Å². The largest absolute Gasteiger partial charge is 0.493 e. The van der Waals surface area contributed by atoms with Gasteiger partial charge in [0, 0.05) is 38.8 Å². The molecule has 0 atom stereocenters. The number of anilines is 1. The van der Waals surface area contributed by atoms with E-state index in [9.17, 15) is 4.39 Å². The van der Waals surface area contributed by atoms with E-state index in [1.54, 1.807) is 19.2 Å². The summed E-state index contributed by atoms with van der Waals surface area (Å²) in [5, 5.41) is 0. The fourth-order valence-corrected chi connectivity index (χ4v) is 5.40. The topological polar surface area (TPSA) is 28.2 Å². The van der Waals surface area contributed by atoms with Crippen molar-refractivity contribution in [2.24, 2.45) is 0 Å². The van der Waals surface area contributed by atoms with Crippen molar-refractivity contribution < 1.29 is 13.9 Å². The van der Waals surface area contributed by atoms with E-state index in [2.05, 4.69) is 39.0 Å². The predicted molar refractivity (Wildman–Crippen MR) is 142 cm³/mol. The molecular formula is C30H36FN3O2. The van der Waals surface area contributed by atoms with E-state index < -0.39 is 0 Å². The van der Waals surface area contributed by atoms with Gasteiger partial charge in [-0.15, -0.1) is 0 Å². The summed E-state index contributed by atoms with van der Waals surface area (Å²) in [6.45, 7) is 7.39. The second kappa shape index (κ2) is 11.8. The summed E-state index contributed by atoms with van der Waals surface area (Å²) in [6.07, 6.45) is 2.35. The van der Waals surface area contributed by atoms with Crippen molar-refractivity contribution in [2.75, 3.05) is 51.3 Å². The molecule has 190 valence electrons. The number of likely N-dealkylation sites (tertiary alicyclic amines) is 1. The van der Waals surface area contributed by atoms with E-state index >= 15 is 0 Å². The molecule has 0 aromatic heterocycles. The summed E-state index contributed by atoms with van der Waals surface area (Å²) in [7, 11) is 1.69. The Morgan fingerprint density at radius 2 is 1.50 bits per heavy atom. The van der Waals surface area contributed by atoms with Gasteiger partial charge >= 0.3 is 0 Å². The monoisotopic (exact) mass is 489 g/mol. The number of methoxy groups -OCH3 is 1. The number of nitrogens with zero attached hydrogens (tertiary/aromatic N) is 3. The molecule has 3 aromatic carbocycles. The van der Waals surface area contributed by atoms with E-state index in [1.165, 1.54) is 18.4 Å². The van der Waals surface area contributed by atoms with Crippen molar-refractivity contribution in [1.82, 2.24) is 9.80 Å². The number of ether oxygens (including phenoxy) is 2. The van der Waals surface area contributed by atoms with Crippen LogP contribution in [0.25, 0.3) is 0 Å². The van der Waals surface area contributed by atoms with E-state index in [-0.39, 0.29) is 5.82 Å². The Hall–Kier alpha value is -3.09. The van der Waals surface area contributed by atoms with Gasteiger partial charge in [-0.1, -0.05) is 48.5 Å². The maximum absolute atomic E-state index is 14.2. The van der Waals surface area contributed by atoms with Crippen molar-refractivity contribution in [3.63, 3.8) is 0 Å². The summed E-state index contributed by atoms with van der Waals surface area (Å²) < 4.78 is 25.8. The average molecular weight is 490 g/mol. The van der Waals surface area contributed by atoms with Crippen molar-refractivity contribution in [2.45, 2.75) is 32.0 Å². The maximum atomic E-state index is 14.2. The van der Waals surface area contributed by atoms with Crippen LogP contribution in [0.15, 0.2) is 72.8 Å². The second-order valence-corrected chi connectivity index (χ2v) is 9.74. The number of piperidine rings is 1. The Morgan fingerprint density at radius 1 is 0.778 bits per heavy atom. The smallest absolute Gasteiger partial charge is 0.161 e. The van der Waals surface area contributed by atoms with Gasteiger partial charge in [0.15, 0.2) is 11.5 Å². The SMILES string of the molecule is COc1ccc(CN2CCC(N3CCN(c4ccccc4F)CC3)CC2)cc1OCc1ccccc1. The van der Waals surface area contributed by atoms with E-state index in [4.69, 9.17) is 9.47 Å². The highest BCUT2D eigenvalue weighted by Crippen LogP contribution is 2.30. The molecule has 0 amide bonds. The van der Waals surface area contributed by atoms with Gasteiger partial charge in [0.05, 0.1) is 12.8 Å². The lowest BCUT2D eigenvalue weighted by atomic mass is 10.0. The molecule has 3 aromatic rings. The summed E-state index contributed by atoms with van der Waals surface area (Å²) in [5.41, 5.74) is 3.12. The van der Waals surface area contributed by atoms with Crippen LogP contribution in [0.1, 0.15) is 24.0 Å². The molecule has 6 heteroatoms. The predicted octanol–water partition coefficient (Wildman–Crippen LogP) is 5.20. The van der Waals surface area contributed by atoms with Crippen LogP contribution < -0.4 is 14.4 Å². The highest BCUT2D eigenvalue weighted by Gasteiger charge is 2.28. The number of hydrogen-bond donors (Lipinski definition) is 0. The Bertz CT molecular complexity index is 1110. The lowest BCUT2D eigenvalue weighted by Gasteiger charge is -2.43. The fraction of sp³-hybridized carbons (Fsp3) is 0.400. The number of para-hydroxylation sites is 1. The highest BCUT2D eigenvalue weighted by atomic mass is 19.1. The van der Waals surface area contributed by atoms with Gasteiger partial charge in [-0.05, 0) is 61.3 Å².